The van der Waals surface area contributed by atoms with Crippen molar-refractivity contribution in [3.8, 4) is 0 Å². The summed E-state index contributed by atoms with van der Waals surface area (Å²) in [4.78, 5) is 38.3. The molecule has 0 radical (unpaired) electrons. The van der Waals surface area contributed by atoms with E-state index >= 15 is 0 Å². The smallest absolute Gasteiger partial charge is 0.324 e. The molecule has 2 amide bonds. The number of likely N-dealkylation sites (tertiary alicyclic amines) is 1. The zero-order valence-corrected chi connectivity index (χ0v) is 19.7. The summed E-state index contributed by atoms with van der Waals surface area (Å²) in [7, 11) is 0. The highest BCUT2D eigenvalue weighted by atomic mass is 16.2. The fraction of sp³-hybridized carbons (Fsp3) is 0.520. The molecular formula is C25H35N6O2+. The van der Waals surface area contributed by atoms with Crippen molar-refractivity contribution in [1.29, 1.82) is 0 Å². The maximum Gasteiger partial charge on any atom is 0.342 e. The van der Waals surface area contributed by atoms with Gasteiger partial charge in [-0.1, -0.05) is 20.3 Å². The molecule has 1 fully saturated rings. The zero-order valence-electron chi connectivity index (χ0n) is 19.7. The summed E-state index contributed by atoms with van der Waals surface area (Å²) in [6.07, 6.45) is 7.73. The summed E-state index contributed by atoms with van der Waals surface area (Å²) in [5.74, 6) is 1.31. The van der Waals surface area contributed by atoms with Crippen molar-refractivity contribution in [2.45, 2.75) is 58.4 Å². The van der Waals surface area contributed by atoms with E-state index in [0.717, 1.165) is 50.3 Å². The predicted octanol–water partition coefficient (Wildman–Crippen LogP) is 2.49. The Kier molecular flexibility index (Phi) is 7.67. The maximum absolute atomic E-state index is 12.5. The zero-order chi connectivity index (χ0) is 23.2. The Labute approximate surface area is 195 Å². The van der Waals surface area contributed by atoms with E-state index in [0.29, 0.717) is 23.8 Å². The predicted molar refractivity (Wildman–Crippen MR) is 129 cm³/mol. The van der Waals surface area contributed by atoms with E-state index < -0.39 is 0 Å². The molecule has 4 rings (SSSR count). The topological polar surface area (TPSA) is 95.0 Å². The summed E-state index contributed by atoms with van der Waals surface area (Å²) < 4.78 is 0. The van der Waals surface area contributed by atoms with Crippen molar-refractivity contribution < 1.29 is 14.9 Å². The number of quaternary nitrogens is 1. The monoisotopic (exact) mass is 451 g/mol. The lowest BCUT2D eigenvalue weighted by Gasteiger charge is -2.25. The normalized spacial score (nSPS) is 16.3. The fourth-order valence-electron chi connectivity index (χ4n) is 4.71. The molecule has 0 aliphatic carbocycles. The third kappa shape index (κ3) is 5.57. The van der Waals surface area contributed by atoms with Gasteiger partial charge in [0.15, 0.2) is 0 Å². The Bertz CT molecular complexity index is 967. The van der Waals surface area contributed by atoms with Gasteiger partial charge in [-0.05, 0) is 63.0 Å². The number of nitrogens with zero attached hydrogens (tertiary/aromatic N) is 4. The number of carbonyl (C=O) groups is 2. The number of carbonyl (C=O) groups excluding carboxylic acids is 2. The molecule has 2 aliphatic heterocycles. The third-order valence-electron chi connectivity index (χ3n) is 6.64. The van der Waals surface area contributed by atoms with Crippen molar-refractivity contribution in [2.75, 3.05) is 36.4 Å². The van der Waals surface area contributed by atoms with Gasteiger partial charge in [0, 0.05) is 30.0 Å². The van der Waals surface area contributed by atoms with Gasteiger partial charge in [0.1, 0.15) is 5.82 Å². The van der Waals surface area contributed by atoms with Gasteiger partial charge < -0.3 is 5.32 Å². The average molecular weight is 452 g/mol. The molecule has 2 aliphatic rings. The second-order valence-electron chi connectivity index (χ2n) is 8.91. The van der Waals surface area contributed by atoms with Crippen molar-refractivity contribution in [3.63, 3.8) is 0 Å². The summed E-state index contributed by atoms with van der Waals surface area (Å²) in [5.41, 5.74) is 2.36. The fourth-order valence-corrected chi connectivity index (χ4v) is 4.71. The Morgan fingerprint density at radius 1 is 1.12 bits per heavy atom. The molecule has 0 bridgehead atoms. The molecule has 0 atom stereocenters. The van der Waals surface area contributed by atoms with Crippen LogP contribution in [0.3, 0.4) is 0 Å². The molecule has 8 heteroatoms. The van der Waals surface area contributed by atoms with Crippen LogP contribution in [0.5, 0.6) is 0 Å². The van der Waals surface area contributed by atoms with Gasteiger partial charge in [0.25, 0.3) is 0 Å². The van der Waals surface area contributed by atoms with Gasteiger partial charge in [0.2, 0.25) is 11.9 Å². The molecule has 0 unspecified atom stereocenters. The van der Waals surface area contributed by atoms with Gasteiger partial charge in [-0.3, -0.25) is 19.9 Å². The van der Waals surface area contributed by atoms with Crippen molar-refractivity contribution in [3.05, 3.63) is 41.6 Å². The number of hydrogen-bond donors (Lipinski definition) is 2. The number of aromatic nitrogens is 2. The first-order chi connectivity index (χ1) is 16.1. The summed E-state index contributed by atoms with van der Waals surface area (Å²) >= 11 is 0. The molecule has 33 heavy (non-hydrogen) atoms. The number of piperidine rings is 1. The van der Waals surface area contributed by atoms with Crippen molar-refractivity contribution in [2.24, 2.45) is 0 Å². The largest absolute Gasteiger partial charge is 0.342 e. The van der Waals surface area contributed by atoms with E-state index in [4.69, 9.17) is 0 Å². The van der Waals surface area contributed by atoms with Crippen LogP contribution in [0.25, 0.3) is 0 Å². The van der Waals surface area contributed by atoms with E-state index in [1.807, 2.05) is 29.2 Å². The van der Waals surface area contributed by atoms with Crippen LogP contribution in [0.15, 0.2) is 30.5 Å². The summed E-state index contributed by atoms with van der Waals surface area (Å²) in [5, 5.41) is 5.00. The standard InChI is InChI=1S/C25H34N6O2/c1-3-21(4-2)31-22(32)16-19-17-27-25(29-23(19)31)28-20-10-8-18(9-11-20)24(33)26-12-15-30-13-6-5-7-14-30/h8-11,17,21H,3-7,12-16H2,1-2H3,(H,26,33)(H,27,28,29)/p+1. The number of hydrogen-bond acceptors (Lipinski definition) is 6. The summed E-state index contributed by atoms with van der Waals surface area (Å²) in [6, 6.07) is 7.54. The second kappa shape index (κ2) is 10.9. The maximum atomic E-state index is 12.5. The molecule has 2 aromatic rings. The minimum Gasteiger partial charge on any atom is -0.324 e. The first kappa shape index (κ1) is 23.3. The van der Waals surface area contributed by atoms with Crippen LogP contribution in [0, 0.1) is 0 Å². The van der Waals surface area contributed by atoms with Crippen LogP contribution in [0.4, 0.5) is 17.5 Å². The van der Waals surface area contributed by atoms with Crippen molar-refractivity contribution >= 4 is 29.3 Å². The number of amides is 2. The molecule has 0 saturated carbocycles. The van der Waals surface area contributed by atoms with Crippen molar-refractivity contribution in [1.82, 2.24) is 14.9 Å². The van der Waals surface area contributed by atoms with Crippen LogP contribution < -0.4 is 15.5 Å². The van der Waals surface area contributed by atoms with Gasteiger partial charge >= 0.3 is 5.91 Å². The first-order valence-corrected chi connectivity index (χ1v) is 12.2. The number of rotatable bonds is 9. The number of nitrogens with two attached hydrogens (primary N) is 1. The number of anilines is 3. The van der Waals surface area contributed by atoms with Gasteiger partial charge in [-0.2, -0.15) is 4.98 Å². The lowest BCUT2D eigenvalue weighted by atomic mass is 10.1. The first-order valence-electron chi connectivity index (χ1n) is 12.2. The van der Waals surface area contributed by atoms with Crippen LogP contribution in [-0.4, -0.2) is 58.9 Å². The molecule has 1 aromatic carbocycles. The SMILES string of the molecule is CCC(CC)N1C(=O)Cc2cnc(Nc3ccc(C(=O)[NH2+]CCN4CCCCC4)cc3)nc21. The molecular weight excluding hydrogens is 416 g/mol. The number of primary amides is 1. The van der Waals surface area contributed by atoms with Gasteiger partial charge in [-0.15, -0.1) is 0 Å². The van der Waals surface area contributed by atoms with Crippen LogP contribution in [0.1, 0.15) is 61.9 Å². The lowest BCUT2D eigenvalue weighted by molar-refractivity contribution is -0.555. The van der Waals surface area contributed by atoms with E-state index in [2.05, 4.69) is 34.0 Å². The summed E-state index contributed by atoms with van der Waals surface area (Å²) in [6.45, 7) is 8.22. The molecule has 8 nitrogen and oxygen atoms in total. The second-order valence-corrected chi connectivity index (χ2v) is 8.91. The lowest BCUT2D eigenvalue weighted by Crippen LogP contribution is -2.89. The van der Waals surface area contributed by atoms with E-state index in [-0.39, 0.29) is 17.9 Å². The van der Waals surface area contributed by atoms with Crippen LogP contribution in [-0.2, 0) is 11.2 Å². The molecule has 176 valence electrons. The Hall–Kier alpha value is -2.84. The Morgan fingerprint density at radius 2 is 1.85 bits per heavy atom. The van der Waals surface area contributed by atoms with Crippen LogP contribution in [0.2, 0.25) is 0 Å². The highest BCUT2D eigenvalue weighted by Crippen LogP contribution is 2.31. The Balaban J connectivity index is 1.35. The minimum absolute atomic E-state index is 0.0617. The highest BCUT2D eigenvalue weighted by molar-refractivity contribution is 6.00. The number of fused-ring (bicyclic) bond motifs is 1. The third-order valence-corrected chi connectivity index (χ3v) is 6.64. The minimum atomic E-state index is 0.0617. The Morgan fingerprint density at radius 3 is 2.55 bits per heavy atom. The van der Waals surface area contributed by atoms with E-state index in [1.54, 1.807) is 11.5 Å². The molecule has 1 saturated heterocycles. The molecule has 0 spiro atoms. The molecule has 3 N–H and O–H groups in total. The number of benzene rings is 1. The highest BCUT2D eigenvalue weighted by Gasteiger charge is 2.33. The number of nitrogens with one attached hydrogen (secondary N) is 1. The quantitative estimate of drug-likeness (QED) is 0.608. The molecule has 1 aromatic heterocycles. The van der Waals surface area contributed by atoms with Crippen LogP contribution >= 0.6 is 0 Å². The molecule has 3 heterocycles. The van der Waals surface area contributed by atoms with E-state index in [9.17, 15) is 9.59 Å². The van der Waals surface area contributed by atoms with E-state index in [1.165, 1.54) is 19.3 Å². The average Bonchev–Trinajstić information content (AvgIpc) is 3.16. The van der Waals surface area contributed by atoms with Gasteiger partial charge in [-0.25, -0.2) is 9.78 Å². The van der Waals surface area contributed by atoms with Gasteiger partial charge in [0.05, 0.1) is 18.5 Å².